The minimum Gasteiger partial charge on any atom is -0.480 e. The fourth-order valence-electron chi connectivity index (χ4n) is 3.61. The molecule has 3 atom stereocenters. The first-order chi connectivity index (χ1) is 13.8. The standard InChI is InChI=1S/C21H20Cl2FNO4/c1-2-3-17(21(27)28)25-18(26)11-29-20(13-6-9-15(23)16(24)10-13)19(25)12-4-7-14(22)8-5-12/h4-10,17,19-20H,2-3,11H2,1H3,(H,27,28). The second-order valence-electron chi connectivity index (χ2n) is 6.85. The molecule has 0 saturated carbocycles. The Morgan fingerprint density at radius 3 is 2.48 bits per heavy atom. The second-order valence-corrected chi connectivity index (χ2v) is 7.69. The highest BCUT2D eigenvalue weighted by atomic mass is 35.5. The van der Waals surface area contributed by atoms with Gasteiger partial charge in [0.25, 0.3) is 0 Å². The van der Waals surface area contributed by atoms with E-state index in [0.29, 0.717) is 22.6 Å². The van der Waals surface area contributed by atoms with Crippen LogP contribution in [0.5, 0.6) is 0 Å². The van der Waals surface area contributed by atoms with Crippen LogP contribution in [0.25, 0.3) is 0 Å². The van der Waals surface area contributed by atoms with Crippen LogP contribution >= 0.6 is 23.2 Å². The number of benzene rings is 2. The SMILES string of the molecule is CCCC(C(=O)O)N1C(=O)COC(c2ccc(Cl)c(F)c2)C1c1ccc(Cl)cc1. The van der Waals surface area contributed by atoms with E-state index in [1.54, 1.807) is 30.3 Å². The molecule has 2 aromatic rings. The maximum atomic E-state index is 14.1. The molecule has 1 heterocycles. The van der Waals surface area contributed by atoms with Gasteiger partial charge in [-0.15, -0.1) is 0 Å². The maximum Gasteiger partial charge on any atom is 0.326 e. The number of morpholine rings is 1. The van der Waals surface area contributed by atoms with Crippen molar-refractivity contribution in [3.8, 4) is 0 Å². The Bertz CT molecular complexity index is 906. The van der Waals surface area contributed by atoms with Crippen molar-refractivity contribution < 1.29 is 23.8 Å². The molecule has 8 heteroatoms. The molecule has 0 radical (unpaired) electrons. The number of rotatable bonds is 6. The molecule has 1 aliphatic heterocycles. The van der Waals surface area contributed by atoms with Crippen LogP contribution in [-0.4, -0.2) is 34.5 Å². The fourth-order valence-corrected chi connectivity index (χ4v) is 3.86. The maximum absolute atomic E-state index is 14.1. The number of amides is 1. The van der Waals surface area contributed by atoms with Crippen LogP contribution in [-0.2, 0) is 14.3 Å². The van der Waals surface area contributed by atoms with E-state index in [0.717, 1.165) is 0 Å². The molecule has 5 nitrogen and oxygen atoms in total. The van der Waals surface area contributed by atoms with E-state index < -0.39 is 35.9 Å². The highest BCUT2D eigenvalue weighted by Crippen LogP contribution is 2.42. The number of hydrogen-bond acceptors (Lipinski definition) is 3. The smallest absolute Gasteiger partial charge is 0.326 e. The Kier molecular flexibility index (Phi) is 6.77. The summed E-state index contributed by atoms with van der Waals surface area (Å²) in [6.07, 6.45) is 0.0986. The fraction of sp³-hybridized carbons (Fsp3) is 0.333. The van der Waals surface area contributed by atoms with Crippen LogP contribution in [0.2, 0.25) is 10.0 Å². The number of carbonyl (C=O) groups is 2. The number of carboxylic acid groups (broad SMARTS) is 1. The number of nitrogens with zero attached hydrogens (tertiary/aromatic N) is 1. The van der Waals surface area contributed by atoms with Gasteiger partial charge in [0, 0.05) is 5.02 Å². The normalized spacial score (nSPS) is 20.6. The van der Waals surface area contributed by atoms with E-state index in [2.05, 4.69) is 0 Å². The molecule has 1 aliphatic rings. The van der Waals surface area contributed by atoms with E-state index in [1.165, 1.54) is 17.0 Å². The topological polar surface area (TPSA) is 66.8 Å². The molecule has 1 fully saturated rings. The summed E-state index contributed by atoms with van der Waals surface area (Å²) in [5, 5.41) is 10.3. The first-order valence-corrected chi connectivity index (χ1v) is 9.95. The summed E-state index contributed by atoms with van der Waals surface area (Å²) in [6.45, 7) is 1.55. The molecule has 2 aromatic carbocycles. The van der Waals surface area contributed by atoms with Gasteiger partial charge in [-0.1, -0.05) is 54.7 Å². The van der Waals surface area contributed by atoms with Gasteiger partial charge in [0.1, 0.15) is 24.6 Å². The summed E-state index contributed by atoms with van der Waals surface area (Å²) >= 11 is 11.8. The van der Waals surface area contributed by atoms with Crippen molar-refractivity contribution in [3.63, 3.8) is 0 Å². The Morgan fingerprint density at radius 2 is 1.90 bits per heavy atom. The van der Waals surface area contributed by atoms with E-state index >= 15 is 0 Å². The van der Waals surface area contributed by atoms with Crippen molar-refractivity contribution in [2.45, 2.75) is 38.0 Å². The van der Waals surface area contributed by atoms with Crippen LogP contribution in [0.3, 0.4) is 0 Å². The summed E-state index contributed by atoms with van der Waals surface area (Å²) in [7, 11) is 0. The minimum atomic E-state index is -1.10. The zero-order chi connectivity index (χ0) is 21.1. The van der Waals surface area contributed by atoms with Gasteiger partial charge in [-0.05, 0) is 41.8 Å². The number of carbonyl (C=O) groups excluding carboxylic acids is 1. The Labute approximate surface area is 178 Å². The number of carboxylic acids is 1. The summed E-state index contributed by atoms with van der Waals surface area (Å²) in [4.78, 5) is 26.1. The lowest BCUT2D eigenvalue weighted by molar-refractivity contribution is -0.171. The number of halogens is 3. The largest absolute Gasteiger partial charge is 0.480 e. The molecule has 0 aliphatic carbocycles. The number of hydrogen-bond donors (Lipinski definition) is 1. The summed E-state index contributed by atoms with van der Waals surface area (Å²) in [6, 6.07) is 9.22. The molecule has 0 aromatic heterocycles. The first-order valence-electron chi connectivity index (χ1n) is 9.19. The van der Waals surface area contributed by atoms with E-state index in [1.807, 2.05) is 6.92 Å². The van der Waals surface area contributed by atoms with E-state index in [4.69, 9.17) is 27.9 Å². The summed E-state index contributed by atoms with van der Waals surface area (Å²) < 4.78 is 19.9. The van der Waals surface area contributed by atoms with Crippen molar-refractivity contribution in [1.82, 2.24) is 4.90 Å². The Hall–Kier alpha value is -2.15. The molecular formula is C21H20Cl2FNO4. The number of ether oxygens (including phenoxy) is 1. The van der Waals surface area contributed by atoms with Gasteiger partial charge in [-0.2, -0.15) is 0 Å². The van der Waals surface area contributed by atoms with E-state index in [-0.39, 0.29) is 18.1 Å². The Morgan fingerprint density at radius 1 is 1.24 bits per heavy atom. The molecule has 0 bridgehead atoms. The number of aliphatic carboxylic acids is 1. The lowest BCUT2D eigenvalue weighted by Gasteiger charge is -2.44. The molecule has 29 heavy (non-hydrogen) atoms. The van der Waals surface area contributed by atoms with Crippen LogP contribution < -0.4 is 0 Å². The highest BCUT2D eigenvalue weighted by Gasteiger charge is 2.44. The van der Waals surface area contributed by atoms with E-state index in [9.17, 15) is 19.1 Å². The monoisotopic (exact) mass is 439 g/mol. The van der Waals surface area contributed by atoms with Crippen LogP contribution in [0.15, 0.2) is 42.5 Å². The van der Waals surface area contributed by atoms with Gasteiger partial charge in [0.05, 0.1) is 11.1 Å². The first kappa shape index (κ1) is 21.6. The van der Waals surface area contributed by atoms with Gasteiger partial charge in [0.2, 0.25) is 5.91 Å². The third-order valence-corrected chi connectivity index (χ3v) is 5.49. The van der Waals surface area contributed by atoms with Gasteiger partial charge < -0.3 is 14.7 Å². The average Bonchev–Trinajstić information content (AvgIpc) is 2.69. The molecule has 154 valence electrons. The van der Waals surface area contributed by atoms with Crippen LogP contribution in [0, 0.1) is 5.82 Å². The quantitative estimate of drug-likeness (QED) is 0.685. The van der Waals surface area contributed by atoms with Crippen molar-refractivity contribution in [1.29, 1.82) is 0 Å². The molecule has 1 saturated heterocycles. The molecule has 3 rings (SSSR count). The third-order valence-electron chi connectivity index (χ3n) is 4.93. The zero-order valence-corrected chi connectivity index (χ0v) is 17.2. The molecule has 0 spiro atoms. The predicted molar refractivity (Wildman–Crippen MR) is 107 cm³/mol. The van der Waals surface area contributed by atoms with Crippen molar-refractivity contribution in [2.24, 2.45) is 0 Å². The zero-order valence-electron chi connectivity index (χ0n) is 15.6. The minimum absolute atomic E-state index is 0.0325. The van der Waals surface area contributed by atoms with Crippen LogP contribution in [0.4, 0.5) is 4.39 Å². The summed E-state index contributed by atoms with van der Waals surface area (Å²) in [5.41, 5.74) is 1.11. The molecular weight excluding hydrogens is 420 g/mol. The van der Waals surface area contributed by atoms with Gasteiger partial charge in [-0.25, -0.2) is 9.18 Å². The van der Waals surface area contributed by atoms with Gasteiger partial charge in [-0.3, -0.25) is 4.79 Å². The van der Waals surface area contributed by atoms with Crippen LogP contribution in [0.1, 0.15) is 43.0 Å². The van der Waals surface area contributed by atoms with Crippen molar-refractivity contribution in [2.75, 3.05) is 6.61 Å². The third kappa shape index (κ3) is 4.55. The second kappa shape index (κ2) is 9.11. The average molecular weight is 440 g/mol. The lowest BCUT2D eigenvalue weighted by Crippen LogP contribution is -2.53. The summed E-state index contributed by atoms with van der Waals surface area (Å²) in [5.74, 6) is -2.15. The Balaban J connectivity index is 2.13. The predicted octanol–water partition coefficient (Wildman–Crippen LogP) is 5.03. The highest BCUT2D eigenvalue weighted by molar-refractivity contribution is 6.30. The van der Waals surface area contributed by atoms with Crippen molar-refractivity contribution in [3.05, 3.63) is 69.5 Å². The van der Waals surface area contributed by atoms with Gasteiger partial charge >= 0.3 is 5.97 Å². The molecule has 3 unspecified atom stereocenters. The molecule has 1 amide bonds. The lowest BCUT2D eigenvalue weighted by atomic mass is 9.90. The molecule has 1 N–H and O–H groups in total. The van der Waals surface area contributed by atoms with Crippen molar-refractivity contribution >= 4 is 35.1 Å². The van der Waals surface area contributed by atoms with Gasteiger partial charge in [0.15, 0.2) is 0 Å².